The summed E-state index contributed by atoms with van der Waals surface area (Å²) in [5.41, 5.74) is 0. The highest BCUT2D eigenvalue weighted by Crippen LogP contribution is 2.40. The molecule has 0 atom stereocenters. The molecule has 0 aromatic carbocycles. The summed E-state index contributed by atoms with van der Waals surface area (Å²) in [7, 11) is 0. The van der Waals surface area contributed by atoms with E-state index in [0.717, 1.165) is 5.82 Å². The van der Waals surface area contributed by atoms with Crippen LogP contribution in [-0.2, 0) is 4.79 Å². The lowest BCUT2D eigenvalue weighted by molar-refractivity contribution is -0.124. The number of nitrogens with one attached hydrogen (secondary N) is 1. The van der Waals surface area contributed by atoms with Gasteiger partial charge < -0.3 is 4.57 Å². The molecule has 1 aromatic rings. The van der Waals surface area contributed by atoms with Gasteiger partial charge in [0.25, 0.3) is 0 Å². The fourth-order valence-electron chi connectivity index (χ4n) is 1.96. The number of aromatic amines is 1. The highest BCUT2D eigenvalue weighted by Gasteiger charge is 2.35. The summed E-state index contributed by atoms with van der Waals surface area (Å²) < 4.78 is 2.81. The van der Waals surface area contributed by atoms with E-state index in [4.69, 9.17) is 12.2 Å². The normalized spacial score (nSPS) is 22.4. The number of aromatic nitrogens is 3. The summed E-state index contributed by atoms with van der Waals surface area (Å²) in [4.78, 5) is 10.9. The molecule has 5 heteroatoms. The Morgan fingerprint density at radius 2 is 2.14 bits per heavy atom. The quantitative estimate of drug-likeness (QED) is 0.754. The van der Waals surface area contributed by atoms with Crippen molar-refractivity contribution in [3.05, 3.63) is 10.6 Å². The number of ketones is 1. The number of Topliss-reactive ketones (excluding diaryl/α,β-unsaturated/α-hetero) is 1. The second-order valence-corrected chi connectivity index (χ2v) is 4.52. The van der Waals surface area contributed by atoms with Crippen molar-refractivity contribution >= 4 is 18.0 Å². The molecule has 74 valence electrons. The van der Waals surface area contributed by atoms with Gasteiger partial charge in [-0.1, -0.05) is 0 Å². The highest BCUT2D eigenvalue weighted by molar-refractivity contribution is 7.71. The van der Waals surface area contributed by atoms with Gasteiger partial charge in [-0.15, -0.1) is 0 Å². The van der Waals surface area contributed by atoms with Gasteiger partial charge in [0.05, 0.1) is 0 Å². The molecule has 0 spiro atoms. The lowest BCUT2D eigenvalue weighted by Gasteiger charge is -2.23. The molecular weight excluding hydrogens is 198 g/mol. The molecule has 4 nitrogen and oxygen atoms in total. The van der Waals surface area contributed by atoms with Crippen LogP contribution in [0.4, 0.5) is 0 Å². The van der Waals surface area contributed by atoms with Crippen molar-refractivity contribution in [2.24, 2.45) is 0 Å². The van der Waals surface area contributed by atoms with Crippen LogP contribution in [-0.4, -0.2) is 20.5 Å². The van der Waals surface area contributed by atoms with Crippen LogP contribution in [0.15, 0.2) is 0 Å². The molecule has 1 heterocycles. The summed E-state index contributed by atoms with van der Waals surface area (Å²) in [6, 6.07) is 0.548. The minimum absolute atomic E-state index is 0.316. The highest BCUT2D eigenvalue weighted by atomic mass is 32.1. The van der Waals surface area contributed by atoms with Crippen LogP contribution in [0.3, 0.4) is 0 Å². The predicted octanol–water partition coefficient (Wildman–Crippen LogP) is 1.72. The number of rotatable bonds is 2. The zero-order valence-electron chi connectivity index (χ0n) is 7.69. The van der Waals surface area contributed by atoms with Crippen molar-refractivity contribution in [2.45, 2.75) is 37.6 Å². The Hall–Kier alpha value is -0.970. The Morgan fingerprint density at radius 1 is 1.43 bits per heavy atom. The number of carbonyl (C=O) groups is 1. The van der Waals surface area contributed by atoms with Crippen molar-refractivity contribution in [3.8, 4) is 0 Å². The molecule has 14 heavy (non-hydrogen) atoms. The van der Waals surface area contributed by atoms with Crippen molar-refractivity contribution in [1.82, 2.24) is 14.8 Å². The molecule has 2 aliphatic rings. The van der Waals surface area contributed by atoms with E-state index in [1.54, 1.807) is 0 Å². The maximum absolute atomic E-state index is 10.9. The second-order valence-electron chi connectivity index (χ2n) is 4.13. The monoisotopic (exact) mass is 209 g/mol. The summed E-state index contributed by atoms with van der Waals surface area (Å²) in [5.74, 6) is 1.65. The van der Waals surface area contributed by atoms with E-state index in [1.165, 1.54) is 12.8 Å². The second kappa shape index (κ2) is 2.76. The van der Waals surface area contributed by atoms with E-state index in [2.05, 4.69) is 14.8 Å². The number of H-pyrrole nitrogens is 1. The smallest absolute Gasteiger partial charge is 0.195 e. The molecule has 0 amide bonds. The number of hydrogen-bond donors (Lipinski definition) is 1. The topological polar surface area (TPSA) is 50.7 Å². The molecule has 1 aromatic heterocycles. The van der Waals surface area contributed by atoms with E-state index in [9.17, 15) is 4.79 Å². The SMILES string of the molecule is O=C1CC(c2n[nH]c(=S)n2C2CC2)C1. The minimum atomic E-state index is 0.316. The third-order valence-corrected chi connectivity index (χ3v) is 3.25. The van der Waals surface area contributed by atoms with Crippen LogP contribution in [0.1, 0.15) is 43.5 Å². The molecule has 2 fully saturated rings. The zero-order valence-corrected chi connectivity index (χ0v) is 8.51. The van der Waals surface area contributed by atoms with Gasteiger partial charge in [0, 0.05) is 24.8 Å². The Balaban J connectivity index is 1.97. The Kier molecular flexibility index (Phi) is 1.65. The average molecular weight is 209 g/mol. The van der Waals surface area contributed by atoms with E-state index < -0.39 is 0 Å². The molecule has 0 bridgehead atoms. The van der Waals surface area contributed by atoms with Crippen molar-refractivity contribution in [2.75, 3.05) is 0 Å². The van der Waals surface area contributed by atoms with Gasteiger partial charge in [-0.2, -0.15) is 5.10 Å². The maximum atomic E-state index is 10.9. The van der Waals surface area contributed by atoms with E-state index in [1.807, 2.05) is 0 Å². The fourth-order valence-corrected chi connectivity index (χ4v) is 2.25. The summed E-state index contributed by atoms with van der Waals surface area (Å²) >= 11 is 5.17. The Bertz CT molecular complexity index is 435. The molecule has 3 rings (SSSR count). The van der Waals surface area contributed by atoms with Crippen LogP contribution in [0, 0.1) is 4.77 Å². The molecule has 0 saturated heterocycles. The van der Waals surface area contributed by atoms with E-state index in [-0.39, 0.29) is 0 Å². The molecule has 2 saturated carbocycles. The zero-order chi connectivity index (χ0) is 9.71. The van der Waals surface area contributed by atoms with Crippen LogP contribution in [0.5, 0.6) is 0 Å². The van der Waals surface area contributed by atoms with Crippen molar-refractivity contribution in [1.29, 1.82) is 0 Å². The number of hydrogen-bond acceptors (Lipinski definition) is 3. The van der Waals surface area contributed by atoms with Crippen LogP contribution < -0.4 is 0 Å². The average Bonchev–Trinajstić information content (AvgIpc) is 2.86. The number of nitrogens with zero attached hydrogens (tertiary/aromatic N) is 2. The van der Waals surface area contributed by atoms with Gasteiger partial charge in [-0.3, -0.25) is 9.89 Å². The molecule has 1 N–H and O–H groups in total. The van der Waals surface area contributed by atoms with Gasteiger partial charge in [-0.05, 0) is 25.1 Å². The Morgan fingerprint density at radius 3 is 2.71 bits per heavy atom. The lowest BCUT2D eigenvalue weighted by Crippen LogP contribution is -2.24. The lowest BCUT2D eigenvalue weighted by atomic mass is 9.83. The predicted molar refractivity (Wildman–Crippen MR) is 52.7 cm³/mol. The van der Waals surface area contributed by atoms with Gasteiger partial charge in [-0.25, -0.2) is 0 Å². The fraction of sp³-hybridized carbons (Fsp3) is 0.667. The molecule has 0 radical (unpaired) electrons. The van der Waals surface area contributed by atoms with Crippen LogP contribution in [0.2, 0.25) is 0 Å². The largest absolute Gasteiger partial charge is 0.301 e. The molecule has 0 unspecified atom stereocenters. The summed E-state index contributed by atoms with van der Waals surface area (Å²) in [6.07, 6.45) is 3.68. The van der Waals surface area contributed by atoms with Gasteiger partial charge in [0.1, 0.15) is 11.6 Å². The van der Waals surface area contributed by atoms with Gasteiger partial charge in [0.2, 0.25) is 0 Å². The third-order valence-electron chi connectivity index (χ3n) is 2.96. The first-order valence-corrected chi connectivity index (χ1v) is 5.35. The maximum Gasteiger partial charge on any atom is 0.195 e. The van der Waals surface area contributed by atoms with E-state index in [0.29, 0.717) is 35.4 Å². The molecule has 0 aliphatic heterocycles. The van der Waals surface area contributed by atoms with Crippen LogP contribution >= 0.6 is 12.2 Å². The Labute approximate surface area is 86.3 Å². The first kappa shape index (κ1) is 8.35. The van der Waals surface area contributed by atoms with Crippen molar-refractivity contribution < 1.29 is 4.79 Å². The van der Waals surface area contributed by atoms with Gasteiger partial charge in [0.15, 0.2) is 4.77 Å². The first-order valence-electron chi connectivity index (χ1n) is 4.94. The van der Waals surface area contributed by atoms with Crippen LogP contribution in [0.25, 0.3) is 0 Å². The van der Waals surface area contributed by atoms with Gasteiger partial charge >= 0.3 is 0 Å². The molecular formula is C9H11N3OS. The third kappa shape index (κ3) is 1.15. The number of carbonyl (C=O) groups excluding carboxylic acids is 1. The summed E-state index contributed by atoms with van der Waals surface area (Å²) in [6.45, 7) is 0. The standard InChI is InChI=1S/C9H11N3OS/c13-7-3-5(4-7)8-10-11-9(14)12(8)6-1-2-6/h5-6H,1-4H2,(H,11,14). The van der Waals surface area contributed by atoms with E-state index >= 15 is 0 Å². The van der Waals surface area contributed by atoms with Crippen molar-refractivity contribution in [3.63, 3.8) is 0 Å². The molecule has 2 aliphatic carbocycles. The first-order chi connectivity index (χ1) is 6.75. The summed E-state index contributed by atoms with van der Waals surface area (Å²) in [5, 5.41) is 7.05. The minimum Gasteiger partial charge on any atom is -0.301 e.